The van der Waals surface area contributed by atoms with Crippen molar-refractivity contribution in [2.45, 2.75) is 13.0 Å². The van der Waals surface area contributed by atoms with Crippen molar-refractivity contribution in [3.05, 3.63) is 47.5 Å². The van der Waals surface area contributed by atoms with Crippen molar-refractivity contribution < 1.29 is 9.21 Å². The number of hydrogen-bond acceptors (Lipinski definition) is 3. The highest BCUT2D eigenvalue weighted by molar-refractivity contribution is 5.82. The number of carbonyl (C=O) groups excluding carboxylic acids is 1. The molecule has 1 N–H and O–H groups in total. The Morgan fingerprint density at radius 1 is 1.56 bits per heavy atom. The van der Waals surface area contributed by atoms with Crippen molar-refractivity contribution in [3.63, 3.8) is 0 Å². The number of carbonyl (C=O) groups is 1. The van der Waals surface area contributed by atoms with E-state index in [9.17, 15) is 9.59 Å². The minimum Gasteiger partial charge on any atom is -0.408 e. The molecule has 1 amide bonds. The van der Waals surface area contributed by atoms with Crippen molar-refractivity contribution in [2.75, 3.05) is 6.54 Å². The number of oxazole rings is 1. The van der Waals surface area contributed by atoms with Crippen LogP contribution in [0.5, 0.6) is 0 Å². The summed E-state index contributed by atoms with van der Waals surface area (Å²) in [5.74, 6) is -0.777. The minimum absolute atomic E-state index is 0.247. The highest BCUT2D eigenvalue weighted by atomic mass is 16.4. The number of rotatable bonds is 4. The SMILES string of the molecule is C=CCNC(=O)C(C)n1c(=O)oc2ccccc21. The quantitative estimate of drug-likeness (QED) is 0.830. The van der Waals surface area contributed by atoms with Gasteiger partial charge in [0, 0.05) is 6.54 Å². The first-order valence-electron chi connectivity index (χ1n) is 5.64. The molecule has 0 aliphatic heterocycles. The van der Waals surface area contributed by atoms with Gasteiger partial charge in [0.05, 0.1) is 5.52 Å². The van der Waals surface area contributed by atoms with Gasteiger partial charge in [0.25, 0.3) is 0 Å². The fraction of sp³-hybridized carbons (Fsp3) is 0.231. The summed E-state index contributed by atoms with van der Waals surface area (Å²) < 4.78 is 6.42. The monoisotopic (exact) mass is 246 g/mol. The molecule has 18 heavy (non-hydrogen) atoms. The van der Waals surface area contributed by atoms with Crippen LogP contribution in [0.4, 0.5) is 0 Å². The topological polar surface area (TPSA) is 64.2 Å². The van der Waals surface area contributed by atoms with E-state index in [1.54, 1.807) is 37.3 Å². The number of nitrogens with zero attached hydrogens (tertiary/aromatic N) is 1. The number of amides is 1. The molecule has 1 heterocycles. The number of aromatic nitrogens is 1. The first-order chi connectivity index (χ1) is 8.65. The zero-order valence-corrected chi connectivity index (χ0v) is 10.1. The number of benzene rings is 1. The second kappa shape index (κ2) is 4.91. The Bertz CT molecular complexity index is 639. The minimum atomic E-state index is -0.624. The molecule has 1 aromatic carbocycles. The van der Waals surface area contributed by atoms with Crippen molar-refractivity contribution in [3.8, 4) is 0 Å². The summed E-state index contributed by atoms with van der Waals surface area (Å²) in [5.41, 5.74) is 1.09. The summed E-state index contributed by atoms with van der Waals surface area (Å²) in [5, 5.41) is 2.65. The Morgan fingerprint density at radius 3 is 3.00 bits per heavy atom. The van der Waals surface area contributed by atoms with Crippen LogP contribution in [0.15, 0.2) is 46.1 Å². The fourth-order valence-electron chi connectivity index (χ4n) is 1.79. The fourth-order valence-corrected chi connectivity index (χ4v) is 1.79. The molecule has 0 fully saturated rings. The number of nitrogens with one attached hydrogen (secondary N) is 1. The molecule has 0 saturated heterocycles. The van der Waals surface area contributed by atoms with Gasteiger partial charge in [0.15, 0.2) is 5.58 Å². The third-order valence-electron chi connectivity index (χ3n) is 2.71. The summed E-state index contributed by atoms with van der Waals surface area (Å²) in [7, 11) is 0. The van der Waals surface area contributed by atoms with Crippen molar-refractivity contribution in [2.24, 2.45) is 0 Å². The molecule has 5 nitrogen and oxygen atoms in total. The van der Waals surface area contributed by atoms with Gasteiger partial charge >= 0.3 is 5.76 Å². The molecule has 5 heteroatoms. The Kier molecular flexibility index (Phi) is 3.32. The standard InChI is InChI=1S/C13H14N2O3/c1-3-8-14-12(16)9(2)15-10-6-4-5-7-11(10)18-13(15)17/h3-7,9H,1,8H2,2H3,(H,14,16). The molecule has 94 valence electrons. The van der Waals surface area contributed by atoms with Crippen LogP contribution in [0.2, 0.25) is 0 Å². The van der Waals surface area contributed by atoms with E-state index in [4.69, 9.17) is 4.42 Å². The summed E-state index contributed by atoms with van der Waals surface area (Å²) in [6.07, 6.45) is 1.58. The summed E-state index contributed by atoms with van der Waals surface area (Å²) in [4.78, 5) is 23.6. The van der Waals surface area contributed by atoms with Crippen molar-refractivity contribution >= 4 is 17.0 Å². The molecule has 0 radical (unpaired) electrons. The van der Waals surface area contributed by atoms with E-state index in [1.807, 2.05) is 0 Å². The van der Waals surface area contributed by atoms with Crippen molar-refractivity contribution in [1.82, 2.24) is 9.88 Å². The number of hydrogen-bond donors (Lipinski definition) is 1. The van der Waals surface area contributed by atoms with Gasteiger partial charge in [-0.15, -0.1) is 6.58 Å². The lowest BCUT2D eigenvalue weighted by atomic mass is 10.2. The molecular weight excluding hydrogens is 232 g/mol. The molecule has 0 saturated carbocycles. The third kappa shape index (κ3) is 2.07. The lowest BCUT2D eigenvalue weighted by Gasteiger charge is -2.11. The Balaban J connectivity index is 2.41. The predicted octanol–water partition coefficient (Wildman–Crippen LogP) is 1.46. The van der Waals surface area contributed by atoms with Crippen LogP contribution >= 0.6 is 0 Å². The highest BCUT2D eigenvalue weighted by Gasteiger charge is 2.20. The first kappa shape index (κ1) is 12.2. The van der Waals surface area contributed by atoms with Crippen LogP contribution in [0.25, 0.3) is 11.1 Å². The smallest absolute Gasteiger partial charge is 0.408 e. The summed E-state index contributed by atoms with van der Waals surface area (Å²) in [6.45, 7) is 5.54. The molecule has 2 rings (SSSR count). The number of fused-ring (bicyclic) bond motifs is 1. The van der Waals surface area contributed by atoms with Gasteiger partial charge in [-0.2, -0.15) is 0 Å². The van der Waals surface area contributed by atoms with E-state index >= 15 is 0 Å². The van der Waals surface area contributed by atoms with E-state index in [1.165, 1.54) is 4.57 Å². The predicted molar refractivity (Wildman–Crippen MR) is 68.4 cm³/mol. The van der Waals surface area contributed by atoms with Gasteiger partial charge < -0.3 is 9.73 Å². The van der Waals surface area contributed by atoms with E-state index in [2.05, 4.69) is 11.9 Å². The van der Waals surface area contributed by atoms with Crippen LogP contribution in [-0.2, 0) is 4.79 Å². The molecule has 1 aromatic heterocycles. The first-order valence-corrected chi connectivity index (χ1v) is 5.64. The molecule has 1 unspecified atom stereocenters. The molecule has 0 aliphatic rings. The maximum Gasteiger partial charge on any atom is 0.420 e. The van der Waals surface area contributed by atoms with Gasteiger partial charge in [0.2, 0.25) is 5.91 Å². The average molecular weight is 246 g/mol. The normalized spacial score (nSPS) is 12.3. The van der Waals surface area contributed by atoms with Gasteiger partial charge in [-0.05, 0) is 19.1 Å². The molecule has 2 aromatic rings. The maximum atomic E-state index is 11.8. The largest absolute Gasteiger partial charge is 0.420 e. The van der Waals surface area contributed by atoms with Crippen LogP contribution in [-0.4, -0.2) is 17.0 Å². The maximum absolute atomic E-state index is 11.8. The third-order valence-corrected chi connectivity index (χ3v) is 2.71. The molecule has 0 aliphatic carbocycles. The van der Waals surface area contributed by atoms with Crippen molar-refractivity contribution in [1.29, 1.82) is 0 Å². The second-order valence-corrected chi connectivity index (χ2v) is 3.92. The van der Waals surface area contributed by atoms with Gasteiger partial charge in [0.1, 0.15) is 6.04 Å². The van der Waals surface area contributed by atoms with E-state index in [0.717, 1.165) is 0 Å². The summed E-state index contributed by atoms with van der Waals surface area (Å²) in [6, 6.07) is 6.39. The lowest BCUT2D eigenvalue weighted by Crippen LogP contribution is -2.34. The molecule has 0 bridgehead atoms. The van der Waals surface area contributed by atoms with Crippen LogP contribution in [0, 0.1) is 0 Å². The summed E-state index contributed by atoms with van der Waals surface area (Å²) >= 11 is 0. The Morgan fingerprint density at radius 2 is 2.28 bits per heavy atom. The van der Waals surface area contributed by atoms with Crippen LogP contribution in [0.3, 0.4) is 0 Å². The van der Waals surface area contributed by atoms with Gasteiger partial charge in [-0.25, -0.2) is 4.79 Å². The number of para-hydroxylation sites is 2. The second-order valence-electron chi connectivity index (χ2n) is 3.92. The lowest BCUT2D eigenvalue weighted by molar-refractivity contribution is -0.123. The van der Waals surface area contributed by atoms with E-state index in [0.29, 0.717) is 17.6 Å². The van der Waals surface area contributed by atoms with Crippen LogP contribution in [0.1, 0.15) is 13.0 Å². The van der Waals surface area contributed by atoms with E-state index in [-0.39, 0.29) is 5.91 Å². The average Bonchev–Trinajstić information content (AvgIpc) is 2.70. The molecule has 1 atom stereocenters. The van der Waals surface area contributed by atoms with Gasteiger partial charge in [-0.3, -0.25) is 9.36 Å². The molecular formula is C13H14N2O3. The zero-order chi connectivity index (χ0) is 13.1. The Labute approximate surface area is 104 Å². The van der Waals surface area contributed by atoms with Gasteiger partial charge in [-0.1, -0.05) is 18.2 Å². The highest BCUT2D eigenvalue weighted by Crippen LogP contribution is 2.16. The van der Waals surface area contributed by atoms with E-state index < -0.39 is 11.8 Å². The Hall–Kier alpha value is -2.30. The molecule has 0 spiro atoms. The van der Waals surface area contributed by atoms with Crippen LogP contribution < -0.4 is 11.1 Å². The zero-order valence-electron chi connectivity index (χ0n) is 10.1.